The Labute approximate surface area is 128 Å². The highest BCUT2D eigenvalue weighted by molar-refractivity contribution is 5.74. The molecule has 0 aromatic carbocycles. The Kier molecular flexibility index (Phi) is 4.04. The first-order valence-corrected chi connectivity index (χ1v) is 8.09. The number of aryl methyl sites for hydroxylation is 2. The summed E-state index contributed by atoms with van der Waals surface area (Å²) in [5.41, 5.74) is 0.533. The van der Waals surface area contributed by atoms with Gasteiger partial charge in [0.05, 0.1) is 0 Å². The van der Waals surface area contributed by atoms with Gasteiger partial charge in [-0.2, -0.15) is 4.98 Å². The molecule has 0 atom stereocenters. The smallest absolute Gasteiger partial charge is 0.332 e. The van der Waals surface area contributed by atoms with Gasteiger partial charge >= 0.3 is 5.69 Å². The van der Waals surface area contributed by atoms with Crippen LogP contribution in [0.15, 0.2) is 9.59 Å². The van der Waals surface area contributed by atoms with Crippen LogP contribution < -0.4 is 16.6 Å². The van der Waals surface area contributed by atoms with E-state index in [2.05, 4.69) is 17.2 Å². The molecule has 120 valence electrons. The van der Waals surface area contributed by atoms with Gasteiger partial charge in [-0.25, -0.2) is 4.79 Å². The van der Waals surface area contributed by atoms with Gasteiger partial charge in [0.2, 0.25) is 5.95 Å². The lowest BCUT2D eigenvalue weighted by atomic mass is 10.2. The van der Waals surface area contributed by atoms with Crippen molar-refractivity contribution < 1.29 is 0 Å². The molecule has 2 aromatic rings. The van der Waals surface area contributed by atoms with Crippen LogP contribution in [0.25, 0.3) is 11.2 Å². The number of hydrogen-bond acceptors (Lipinski definition) is 4. The minimum Gasteiger partial charge on any atom is -0.356 e. The summed E-state index contributed by atoms with van der Waals surface area (Å²) in [6.07, 6.45) is 5.11. The molecular formula is C15H23N5O2. The lowest BCUT2D eigenvalue weighted by molar-refractivity contribution is 0.537. The highest BCUT2D eigenvalue weighted by Gasteiger charge is 2.21. The predicted octanol–water partition coefficient (Wildman–Crippen LogP) is 1.29. The molecule has 0 radical (unpaired) electrons. The van der Waals surface area contributed by atoms with E-state index in [0.717, 1.165) is 45.2 Å². The van der Waals surface area contributed by atoms with Gasteiger partial charge in [-0.3, -0.25) is 13.9 Å². The molecule has 0 saturated heterocycles. The van der Waals surface area contributed by atoms with Gasteiger partial charge in [-0.15, -0.1) is 0 Å². The van der Waals surface area contributed by atoms with Crippen LogP contribution in [0.5, 0.6) is 0 Å². The molecule has 0 unspecified atom stereocenters. The van der Waals surface area contributed by atoms with Crippen molar-refractivity contribution >= 4 is 17.1 Å². The second-order valence-corrected chi connectivity index (χ2v) is 5.90. The van der Waals surface area contributed by atoms with Crippen LogP contribution in [0.4, 0.5) is 5.95 Å². The van der Waals surface area contributed by atoms with Crippen molar-refractivity contribution in [3.05, 3.63) is 20.8 Å². The van der Waals surface area contributed by atoms with Crippen molar-refractivity contribution in [3.8, 4) is 0 Å². The van der Waals surface area contributed by atoms with E-state index < -0.39 is 0 Å². The fourth-order valence-corrected chi connectivity index (χ4v) is 3.06. The van der Waals surface area contributed by atoms with Gasteiger partial charge in [-0.1, -0.05) is 26.2 Å². The number of nitrogens with one attached hydrogen (secondary N) is 1. The quantitative estimate of drug-likeness (QED) is 0.845. The number of imidazole rings is 1. The second-order valence-electron chi connectivity index (χ2n) is 5.90. The number of aromatic nitrogens is 4. The molecule has 7 heteroatoms. The van der Waals surface area contributed by atoms with Crippen LogP contribution in [0, 0.1) is 0 Å². The zero-order chi connectivity index (χ0) is 15.7. The van der Waals surface area contributed by atoms with Crippen LogP contribution >= 0.6 is 0 Å². The Bertz CT molecular complexity index is 799. The molecule has 0 saturated carbocycles. The molecule has 1 N–H and O–H groups in total. The van der Waals surface area contributed by atoms with Crippen molar-refractivity contribution in [2.45, 2.75) is 52.1 Å². The maximum Gasteiger partial charge on any atom is 0.332 e. The molecule has 1 aliphatic rings. The predicted molar refractivity (Wildman–Crippen MR) is 86.5 cm³/mol. The van der Waals surface area contributed by atoms with E-state index in [4.69, 9.17) is 0 Å². The second kappa shape index (κ2) is 5.98. The van der Waals surface area contributed by atoms with Crippen molar-refractivity contribution in [3.63, 3.8) is 0 Å². The Morgan fingerprint density at radius 2 is 2.05 bits per heavy atom. The average molecular weight is 305 g/mol. The Morgan fingerprint density at radius 3 is 2.82 bits per heavy atom. The lowest BCUT2D eigenvalue weighted by Gasteiger charge is -2.15. The van der Waals surface area contributed by atoms with Crippen molar-refractivity contribution in [2.24, 2.45) is 7.05 Å². The molecule has 2 aromatic heterocycles. The fraction of sp³-hybridized carbons (Fsp3) is 0.667. The van der Waals surface area contributed by atoms with E-state index in [1.807, 2.05) is 4.57 Å². The number of unbranched alkanes of at least 4 members (excludes halogenated alkanes) is 3. The highest BCUT2D eigenvalue weighted by Crippen LogP contribution is 2.19. The first kappa shape index (κ1) is 14.9. The van der Waals surface area contributed by atoms with Gasteiger partial charge in [0.1, 0.15) is 0 Å². The first-order chi connectivity index (χ1) is 10.6. The van der Waals surface area contributed by atoms with Crippen LogP contribution in [0.1, 0.15) is 39.0 Å². The highest BCUT2D eigenvalue weighted by atomic mass is 16.2. The maximum atomic E-state index is 12.8. The Morgan fingerprint density at radius 1 is 1.23 bits per heavy atom. The van der Waals surface area contributed by atoms with E-state index in [-0.39, 0.29) is 11.2 Å². The summed E-state index contributed by atoms with van der Waals surface area (Å²) in [4.78, 5) is 29.6. The Balaban J connectivity index is 2.09. The van der Waals surface area contributed by atoms with E-state index in [9.17, 15) is 9.59 Å². The largest absolute Gasteiger partial charge is 0.356 e. The normalized spacial score (nSPS) is 14.1. The van der Waals surface area contributed by atoms with Crippen LogP contribution in [-0.4, -0.2) is 25.2 Å². The molecule has 0 fully saturated rings. The van der Waals surface area contributed by atoms with Crippen LogP contribution in [-0.2, 0) is 20.1 Å². The maximum absolute atomic E-state index is 12.8. The third-order valence-corrected chi connectivity index (χ3v) is 4.31. The summed E-state index contributed by atoms with van der Waals surface area (Å²) in [6.45, 7) is 4.24. The molecular weight excluding hydrogens is 282 g/mol. The van der Waals surface area contributed by atoms with E-state index in [1.54, 1.807) is 7.05 Å². The van der Waals surface area contributed by atoms with Gasteiger partial charge in [0, 0.05) is 26.7 Å². The number of anilines is 1. The van der Waals surface area contributed by atoms with Crippen LogP contribution in [0.2, 0.25) is 0 Å². The summed E-state index contributed by atoms with van der Waals surface area (Å²) < 4.78 is 4.76. The number of nitrogens with zero attached hydrogens (tertiary/aromatic N) is 4. The fourth-order valence-electron chi connectivity index (χ4n) is 3.06. The molecule has 0 spiro atoms. The summed E-state index contributed by atoms with van der Waals surface area (Å²) in [5, 5.41) is 3.19. The molecule has 1 aliphatic heterocycles. The minimum atomic E-state index is -0.274. The average Bonchev–Trinajstić information content (AvgIpc) is 2.92. The van der Waals surface area contributed by atoms with E-state index in [1.165, 1.54) is 9.13 Å². The number of rotatable bonds is 5. The molecule has 0 bridgehead atoms. The van der Waals surface area contributed by atoms with Crippen molar-refractivity contribution in [1.29, 1.82) is 0 Å². The molecule has 22 heavy (non-hydrogen) atoms. The molecule has 3 rings (SSSR count). The SMILES string of the molecule is CCCCCCn1c(=O)c2c(nc3n2CCCN3)n(C)c1=O. The summed E-state index contributed by atoms with van der Waals surface area (Å²) >= 11 is 0. The summed E-state index contributed by atoms with van der Waals surface area (Å²) in [7, 11) is 1.69. The molecule has 0 aliphatic carbocycles. The number of hydrogen-bond donors (Lipinski definition) is 1. The summed E-state index contributed by atoms with van der Waals surface area (Å²) in [6, 6.07) is 0. The third-order valence-electron chi connectivity index (χ3n) is 4.31. The van der Waals surface area contributed by atoms with Crippen molar-refractivity contribution in [1.82, 2.24) is 18.7 Å². The standard InChI is InChI=1S/C15H23N5O2/c1-3-4-5-6-9-20-13(21)11-12(18(2)15(20)22)17-14-16-8-7-10-19(11)14/h3-10H2,1-2H3,(H,16,17). The van der Waals surface area contributed by atoms with Crippen LogP contribution in [0.3, 0.4) is 0 Å². The molecule has 7 nitrogen and oxygen atoms in total. The van der Waals surface area contributed by atoms with Gasteiger partial charge in [-0.05, 0) is 12.8 Å². The van der Waals surface area contributed by atoms with E-state index in [0.29, 0.717) is 23.7 Å². The van der Waals surface area contributed by atoms with Crippen molar-refractivity contribution in [2.75, 3.05) is 11.9 Å². The summed E-state index contributed by atoms with van der Waals surface area (Å²) in [5.74, 6) is 0.692. The molecule has 0 amide bonds. The molecule has 3 heterocycles. The number of fused-ring (bicyclic) bond motifs is 3. The third kappa shape index (κ3) is 2.34. The van der Waals surface area contributed by atoms with E-state index >= 15 is 0 Å². The lowest BCUT2D eigenvalue weighted by Crippen LogP contribution is -2.39. The first-order valence-electron chi connectivity index (χ1n) is 8.09. The van der Waals surface area contributed by atoms with Gasteiger partial charge < -0.3 is 9.88 Å². The van der Waals surface area contributed by atoms with Gasteiger partial charge in [0.25, 0.3) is 5.56 Å². The topological polar surface area (TPSA) is 73.8 Å². The zero-order valence-electron chi connectivity index (χ0n) is 13.3. The monoisotopic (exact) mass is 305 g/mol. The zero-order valence-corrected chi connectivity index (χ0v) is 13.3. The Hall–Kier alpha value is -2.05. The minimum absolute atomic E-state index is 0.211. The van der Waals surface area contributed by atoms with Gasteiger partial charge in [0.15, 0.2) is 11.2 Å².